The van der Waals surface area contributed by atoms with Gasteiger partial charge >= 0.3 is 0 Å². The number of carbonyl (C=O) groups is 1. The zero-order valence-electron chi connectivity index (χ0n) is 14.4. The molecule has 0 bridgehead atoms. The van der Waals surface area contributed by atoms with Crippen molar-refractivity contribution in [3.63, 3.8) is 0 Å². The van der Waals surface area contributed by atoms with Crippen molar-refractivity contribution >= 4 is 5.91 Å². The van der Waals surface area contributed by atoms with Crippen LogP contribution in [0.5, 0.6) is 0 Å². The summed E-state index contributed by atoms with van der Waals surface area (Å²) >= 11 is 0. The first-order valence-corrected chi connectivity index (χ1v) is 8.53. The molecular weight excluding hydrogens is 258 g/mol. The van der Waals surface area contributed by atoms with E-state index < -0.39 is 0 Å². The molecule has 0 saturated heterocycles. The summed E-state index contributed by atoms with van der Waals surface area (Å²) in [5, 5.41) is 0. The molecule has 1 rings (SSSR count). The molecule has 2 nitrogen and oxygen atoms in total. The van der Waals surface area contributed by atoms with Crippen LogP contribution in [-0.2, 0) is 4.79 Å². The first-order chi connectivity index (χ1) is 9.98. The average Bonchev–Trinajstić information content (AvgIpc) is 3.11. The maximum atomic E-state index is 12.4. The SMILES string of the molecule is C=CCN(CC1(C)CC1CC/C=C\CC)C(=O)C(C)CC. The van der Waals surface area contributed by atoms with E-state index in [1.54, 1.807) is 0 Å². The Morgan fingerprint density at radius 2 is 2.14 bits per heavy atom. The van der Waals surface area contributed by atoms with Gasteiger partial charge in [0.2, 0.25) is 5.91 Å². The third-order valence-electron chi connectivity index (χ3n) is 4.87. The molecule has 0 spiro atoms. The topological polar surface area (TPSA) is 20.3 Å². The molecule has 1 amide bonds. The molecule has 1 aliphatic rings. The molecule has 1 fully saturated rings. The Bertz CT molecular complexity index is 374. The highest BCUT2D eigenvalue weighted by molar-refractivity contribution is 5.78. The zero-order chi connectivity index (χ0) is 15.9. The predicted octanol–water partition coefficient (Wildman–Crippen LogP) is 4.82. The summed E-state index contributed by atoms with van der Waals surface area (Å²) in [6.07, 6.45) is 12.1. The van der Waals surface area contributed by atoms with Crippen LogP contribution in [0.15, 0.2) is 24.8 Å². The Hall–Kier alpha value is -1.05. The summed E-state index contributed by atoms with van der Waals surface area (Å²) in [6, 6.07) is 0. The van der Waals surface area contributed by atoms with Crippen LogP contribution in [0.25, 0.3) is 0 Å². The monoisotopic (exact) mass is 291 g/mol. The van der Waals surface area contributed by atoms with Crippen LogP contribution in [0.3, 0.4) is 0 Å². The van der Waals surface area contributed by atoms with Crippen molar-refractivity contribution in [2.24, 2.45) is 17.3 Å². The lowest BCUT2D eigenvalue weighted by molar-refractivity contribution is -0.135. The number of carbonyl (C=O) groups excluding carboxylic acids is 1. The van der Waals surface area contributed by atoms with Crippen LogP contribution in [0.1, 0.15) is 59.8 Å². The Balaban J connectivity index is 2.50. The average molecular weight is 291 g/mol. The number of hydrogen-bond donors (Lipinski definition) is 0. The highest BCUT2D eigenvalue weighted by Crippen LogP contribution is 2.55. The molecule has 0 heterocycles. The van der Waals surface area contributed by atoms with Crippen LogP contribution in [-0.4, -0.2) is 23.9 Å². The Morgan fingerprint density at radius 3 is 2.71 bits per heavy atom. The number of rotatable bonds is 10. The van der Waals surface area contributed by atoms with Crippen LogP contribution in [0.2, 0.25) is 0 Å². The number of allylic oxidation sites excluding steroid dienone is 2. The van der Waals surface area contributed by atoms with Gasteiger partial charge in [0.05, 0.1) is 0 Å². The van der Waals surface area contributed by atoms with Crippen molar-refractivity contribution in [3.8, 4) is 0 Å². The Labute approximate surface area is 131 Å². The molecule has 1 saturated carbocycles. The maximum Gasteiger partial charge on any atom is 0.225 e. The molecule has 120 valence electrons. The molecule has 3 atom stereocenters. The minimum absolute atomic E-state index is 0.123. The van der Waals surface area contributed by atoms with E-state index in [9.17, 15) is 4.79 Å². The van der Waals surface area contributed by atoms with E-state index in [2.05, 4.69) is 39.5 Å². The summed E-state index contributed by atoms with van der Waals surface area (Å²) in [7, 11) is 0. The first-order valence-electron chi connectivity index (χ1n) is 8.53. The van der Waals surface area contributed by atoms with Gasteiger partial charge in [0, 0.05) is 19.0 Å². The fraction of sp³-hybridized carbons (Fsp3) is 0.737. The molecule has 0 N–H and O–H groups in total. The van der Waals surface area contributed by atoms with E-state index in [4.69, 9.17) is 0 Å². The number of nitrogens with zero attached hydrogens (tertiary/aromatic N) is 1. The quantitative estimate of drug-likeness (QED) is 0.528. The summed E-state index contributed by atoms with van der Waals surface area (Å²) in [5.41, 5.74) is 0.326. The van der Waals surface area contributed by atoms with Crippen molar-refractivity contribution in [1.82, 2.24) is 4.90 Å². The second-order valence-corrected chi connectivity index (χ2v) is 6.83. The fourth-order valence-electron chi connectivity index (χ4n) is 3.04. The van der Waals surface area contributed by atoms with Crippen LogP contribution < -0.4 is 0 Å². The van der Waals surface area contributed by atoms with Crippen molar-refractivity contribution in [1.29, 1.82) is 0 Å². The van der Waals surface area contributed by atoms with Crippen LogP contribution in [0, 0.1) is 17.3 Å². The Kier molecular flexibility index (Phi) is 7.21. The summed E-state index contributed by atoms with van der Waals surface area (Å²) < 4.78 is 0. The van der Waals surface area contributed by atoms with Crippen molar-refractivity contribution in [2.75, 3.05) is 13.1 Å². The second kappa shape index (κ2) is 8.41. The van der Waals surface area contributed by atoms with Gasteiger partial charge in [-0.1, -0.05) is 45.9 Å². The van der Waals surface area contributed by atoms with Gasteiger partial charge in [-0.15, -0.1) is 6.58 Å². The molecule has 3 unspecified atom stereocenters. The normalized spacial score (nSPS) is 25.8. The molecule has 0 aromatic rings. The van der Waals surface area contributed by atoms with Gasteiger partial charge in [0.1, 0.15) is 0 Å². The highest BCUT2D eigenvalue weighted by atomic mass is 16.2. The third-order valence-corrected chi connectivity index (χ3v) is 4.87. The Morgan fingerprint density at radius 1 is 1.43 bits per heavy atom. The van der Waals surface area contributed by atoms with Gasteiger partial charge in [-0.3, -0.25) is 4.79 Å². The minimum atomic E-state index is 0.123. The van der Waals surface area contributed by atoms with Crippen LogP contribution >= 0.6 is 0 Å². The van der Waals surface area contributed by atoms with Gasteiger partial charge in [-0.25, -0.2) is 0 Å². The smallest absolute Gasteiger partial charge is 0.225 e. The molecule has 0 radical (unpaired) electrons. The number of hydrogen-bond acceptors (Lipinski definition) is 1. The van der Waals surface area contributed by atoms with Crippen molar-refractivity contribution in [2.45, 2.75) is 59.8 Å². The van der Waals surface area contributed by atoms with Gasteiger partial charge < -0.3 is 4.90 Å². The molecule has 0 aliphatic heterocycles. The standard InChI is InChI=1S/C19H33NO/c1-6-9-10-11-12-17-14-19(17,5)15-20(13-7-2)18(21)16(4)8-3/h7,9-10,16-17H,2,6,8,11-15H2,1,3-5H3/b10-9-. The minimum Gasteiger partial charge on any atom is -0.338 e. The van der Waals surface area contributed by atoms with Crippen LogP contribution in [0.4, 0.5) is 0 Å². The molecule has 0 aromatic carbocycles. The van der Waals surface area contributed by atoms with Gasteiger partial charge in [-0.05, 0) is 43.4 Å². The fourth-order valence-corrected chi connectivity index (χ4v) is 3.04. The lowest BCUT2D eigenvalue weighted by Gasteiger charge is -2.28. The lowest BCUT2D eigenvalue weighted by atomic mass is 10.0. The van der Waals surface area contributed by atoms with E-state index in [-0.39, 0.29) is 11.8 Å². The summed E-state index contributed by atoms with van der Waals surface area (Å²) in [4.78, 5) is 14.5. The third kappa shape index (κ3) is 5.33. The van der Waals surface area contributed by atoms with Crippen molar-refractivity contribution in [3.05, 3.63) is 24.8 Å². The molecule has 21 heavy (non-hydrogen) atoms. The highest BCUT2D eigenvalue weighted by Gasteiger charge is 2.50. The first kappa shape index (κ1) is 18.0. The predicted molar refractivity (Wildman–Crippen MR) is 91.1 cm³/mol. The molecule has 0 aromatic heterocycles. The van der Waals surface area contributed by atoms with E-state index in [0.717, 1.165) is 25.3 Å². The lowest BCUT2D eigenvalue weighted by Crippen LogP contribution is -2.39. The van der Waals surface area contributed by atoms with Gasteiger partial charge in [0.25, 0.3) is 0 Å². The van der Waals surface area contributed by atoms with Gasteiger partial charge in [-0.2, -0.15) is 0 Å². The number of amides is 1. The summed E-state index contributed by atoms with van der Waals surface area (Å²) in [5.74, 6) is 1.18. The van der Waals surface area contributed by atoms with E-state index in [1.807, 2.05) is 17.9 Å². The van der Waals surface area contributed by atoms with Crippen molar-refractivity contribution < 1.29 is 4.79 Å². The molecule has 1 aliphatic carbocycles. The molecular formula is C19H33NO. The van der Waals surface area contributed by atoms with E-state index in [0.29, 0.717) is 12.0 Å². The maximum absolute atomic E-state index is 12.4. The summed E-state index contributed by atoms with van der Waals surface area (Å²) in [6.45, 7) is 14.0. The zero-order valence-corrected chi connectivity index (χ0v) is 14.4. The van der Waals surface area contributed by atoms with E-state index >= 15 is 0 Å². The largest absolute Gasteiger partial charge is 0.338 e. The molecule has 2 heteroatoms. The second-order valence-electron chi connectivity index (χ2n) is 6.83. The van der Waals surface area contributed by atoms with Gasteiger partial charge in [0.15, 0.2) is 0 Å². The van der Waals surface area contributed by atoms with E-state index in [1.165, 1.54) is 19.3 Å².